The maximum Gasteiger partial charge on any atom is 0.305 e. The molecule has 0 unspecified atom stereocenters. The number of methoxy groups -OCH3 is 2. The van der Waals surface area contributed by atoms with Crippen LogP contribution in [0.25, 0.3) is 6.08 Å². The summed E-state index contributed by atoms with van der Waals surface area (Å²) in [6.07, 6.45) is 1.40. The highest BCUT2D eigenvalue weighted by Crippen LogP contribution is 2.37. The number of aliphatic carboxylic acids is 1. The predicted octanol–water partition coefficient (Wildman–Crippen LogP) is 2.29. The lowest BCUT2D eigenvalue weighted by Gasteiger charge is -2.10. The first-order valence-corrected chi connectivity index (χ1v) is 9.33. The lowest BCUT2D eigenvalue weighted by molar-refractivity contribution is -0.137. The van der Waals surface area contributed by atoms with E-state index in [2.05, 4.69) is 5.32 Å². The van der Waals surface area contributed by atoms with Crippen molar-refractivity contribution in [3.8, 4) is 23.0 Å². The first-order chi connectivity index (χ1) is 14.9. The van der Waals surface area contributed by atoms with Gasteiger partial charge in [0.05, 0.1) is 26.2 Å². The zero-order chi connectivity index (χ0) is 22.4. The Morgan fingerprint density at radius 2 is 1.97 bits per heavy atom. The van der Waals surface area contributed by atoms with Crippen molar-refractivity contribution in [2.75, 3.05) is 27.4 Å². The Morgan fingerprint density at radius 1 is 1.16 bits per heavy atom. The zero-order valence-corrected chi connectivity index (χ0v) is 17.0. The van der Waals surface area contributed by atoms with Crippen molar-refractivity contribution >= 4 is 23.7 Å². The Hall–Kier alpha value is -4.01. The summed E-state index contributed by atoms with van der Waals surface area (Å²) < 4.78 is 21.8. The summed E-state index contributed by atoms with van der Waals surface area (Å²) in [5.74, 6) is 0.00597. The van der Waals surface area contributed by atoms with Gasteiger partial charge in [-0.2, -0.15) is 0 Å². The van der Waals surface area contributed by atoms with Crippen molar-refractivity contribution in [1.82, 2.24) is 5.32 Å². The summed E-state index contributed by atoms with van der Waals surface area (Å²) in [6, 6.07) is 9.91. The van der Waals surface area contributed by atoms with Crippen molar-refractivity contribution in [1.29, 1.82) is 0 Å². The van der Waals surface area contributed by atoms with Gasteiger partial charge in [-0.25, -0.2) is 0 Å². The van der Waals surface area contributed by atoms with Crippen LogP contribution < -0.4 is 24.3 Å². The summed E-state index contributed by atoms with van der Waals surface area (Å²) in [4.78, 5) is 34.9. The molecule has 3 rings (SSSR count). The topological polar surface area (TPSA) is 120 Å². The third-order valence-electron chi connectivity index (χ3n) is 4.39. The van der Waals surface area contributed by atoms with Crippen LogP contribution in [0.4, 0.5) is 0 Å². The Labute approximate surface area is 178 Å². The van der Waals surface area contributed by atoms with Crippen molar-refractivity contribution < 1.29 is 38.4 Å². The van der Waals surface area contributed by atoms with Crippen LogP contribution in [0.2, 0.25) is 0 Å². The van der Waals surface area contributed by atoms with Gasteiger partial charge in [-0.15, -0.1) is 0 Å². The van der Waals surface area contributed by atoms with E-state index < -0.39 is 11.9 Å². The fraction of sp³-hybridized carbons (Fsp3) is 0.227. The third kappa shape index (κ3) is 5.13. The number of hydrogen-bond donors (Lipinski definition) is 2. The van der Waals surface area contributed by atoms with Crippen LogP contribution in [0, 0.1) is 0 Å². The normalized spacial score (nSPS) is 13.4. The molecule has 162 valence electrons. The van der Waals surface area contributed by atoms with Crippen LogP contribution in [0.5, 0.6) is 23.0 Å². The van der Waals surface area contributed by atoms with Gasteiger partial charge in [0.2, 0.25) is 5.78 Å². The maximum absolute atomic E-state index is 12.7. The highest BCUT2D eigenvalue weighted by atomic mass is 16.5. The fourth-order valence-electron chi connectivity index (χ4n) is 2.93. The van der Waals surface area contributed by atoms with E-state index in [4.69, 9.17) is 24.1 Å². The second-order valence-corrected chi connectivity index (χ2v) is 6.46. The molecule has 1 aliphatic rings. The van der Waals surface area contributed by atoms with E-state index >= 15 is 0 Å². The van der Waals surface area contributed by atoms with Crippen LogP contribution in [-0.2, 0) is 9.59 Å². The average Bonchev–Trinajstić information content (AvgIpc) is 3.06. The Balaban J connectivity index is 1.70. The number of allylic oxidation sites excluding steroid dienone is 1. The first kappa shape index (κ1) is 21.7. The third-order valence-corrected chi connectivity index (χ3v) is 4.39. The molecule has 0 aliphatic carbocycles. The number of nitrogens with one attached hydrogen (secondary N) is 1. The highest BCUT2D eigenvalue weighted by molar-refractivity contribution is 6.14. The van der Waals surface area contributed by atoms with E-state index in [1.807, 2.05) is 0 Å². The van der Waals surface area contributed by atoms with Gasteiger partial charge in [0.25, 0.3) is 5.91 Å². The lowest BCUT2D eigenvalue weighted by Crippen LogP contribution is -2.30. The Bertz CT molecular complexity index is 1040. The van der Waals surface area contributed by atoms with Gasteiger partial charge >= 0.3 is 5.97 Å². The van der Waals surface area contributed by atoms with E-state index in [0.717, 1.165) is 0 Å². The quantitative estimate of drug-likeness (QED) is 0.585. The molecule has 0 radical (unpaired) electrons. The van der Waals surface area contributed by atoms with Crippen LogP contribution >= 0.6 is 0 Å². The van der Waals surface area contributed by atoms with Crippen molar-refractivity contribution in [2.45, 2.75) is 6.42 Å². The molecule has 0 bridgehead atoms. The van der Waals surface area contributed by atoms with Crippen molar-refractivity contribution in [3.63, 3.8) is 0 Å². The van der Waals surface area contributed by atoms with E-state index in [1.54, 1.807) is 36.4 Å². The molecule has 2 N–H and O–H groups in total. The van der Waals surface area contributed by atoms with E-state index in [-0.39, 0.29) is 31.1 Å². The number of rotatable bonds is 9. The lowest BCUT2D eigenvalue weighted by atomic mass is 10.1. The molecule has 9 nitrogen and oxygen atoms in total. The number of carbonyl (C=O) groups is 3. The van der Waals surface area contributed by atoms with Gasteiger partial charge in [0, 0.05) is 18.2 Å². The Kier molecular flexibility index (Phi) is 6.76. The number of ketones is 1. The van der Waals surface area contributed by atoms with Gasteiger partial charge in [-0.05, 0) is 24.3 Å². The minimum Gasteiger partial charge on any atom is -0.493 e. The second kappa shape index (κ2) is 9.66. The number of ether oxygens (including phenoxy) is 4. The summed E-state index contributed by atoms with van der Waals surface area (Å²) in [5, 5.41) is 11.0. The van der Waals surface area contributed by atoms with E-state index in [1.165, 1.54) is 20.3 Å². The molecule has 0 saturated carbocycles. The molecule has 2 aromatic rings. The number of hydrogen-bond acceptors (Lipinski definition) is 7. The first-order valence-electron chi connectivity index (χ1n) is 9.33. The number of para-hydroxylation sites is 1. The smallest absolute Gasteiger partial charge is 0.305 e. The molecule has 9 heteroatoms. The van der Waals surface area contributed by atoms with Crippen LogP contribution in [-0.4, -0.2) is 50.1 Å². The number of amides is 1. The summed E-state index contributed by atoms with van der Waals surface area (Å²) in [7, 11) is 3.03. The Morgan fingerprint density at radius 3 is 2.68 bits per heavy atom. The van der Waals surface area contributed by atoms with Gasteiger partial charge in [-0.3, -0.25) is 14.4 Å². The van der Waals surface area contributed by atoms with Gasteiger partial charge in [-0.1, -0.05) is 12.1 Å². The minimum atomic E-state index is -1.00. The van der Waals surface area contributed by atoms with Crippen LogP contribution in [0.1, 0.15) is 22.3 Å². The molecule has 0 saturated heterocycles. The standard InChI is InChI=1S/C22H21NO8/c1-28-16-5-3-4-13(22(16)29-2)10-18-21(27)15-7-6-14(11-17(15)31-18)30-12-19(24)23-9-8-20(25)26/h3-7,10-11H,8-9,12H2,1-2H3,(H,23,24)(H,25,26). The van der Waals surface area contributed by atoms with Gasteiger partial charge in [0.15, 0.2) is 23.9 Å². The number of fused-ring (bicyclic) bond motifs is 1. The molecule has 0 fully saturated rings. The number of carbonyl (C=O) groups excluding carboxylic acids is 2. The minimum absolute atomic E-state index is 0.0151. The van der Waals surface area contributed by atoms with Crippen molar-refractivity contribution in [3.05, 3.63) is 53.3 Å². The molecule has 0 aromatic heterocycles. The van der Waals surface area contributed by atoms with E-state index in [9.17, 15) is 14.4 Å². The van der Waals surface area contributed by atoms with Crippen LogP contribution in [0.15, 0.2) is 42.2 Å². The molecule has 1 aliphatic heterocycles. The molecular formula is C22H21NO8. The zero-order valence-electron chi connectivity index (χ0n) is 17.0. The average molecular weight is 427 g/mol. The SMILES string of the molecule is COc1cccc(C=C2Oc3cc(OCC(=O)NCCC(=O)O)ccc3C2=O)c1OC. The second-order valence-electron chi connectivity index (χ2n) is 6.46. The van der Waals surface area contributed by atoms with Gasteiger partial charge in [0.1, 0.15) is 11.5 Å². The number of Topliss-reactive ketones (excluding diaryl/α,β-unsaturated/α-hetero) is 1. The molecule has 0 spiro atoms. The number of carboxylic acids is 1. The van der Waals surface area contributed by atoms with Gasteiger partial charge < -0.3 is 29.4 Å². The highest BCUT2D eigenvalue weighted by Gasteiger charge is 2.28. The molecule has 1 heterocycles. The maximum atomic E-state index is 12.7. The molecule has 31 heavy (non-hydrogen) atoms. The summed E-state index contributed by atoms with van der Waals surface area (Å²) >= 11 is 0. The summed E-state index contributed by atoms with van der Waals surface area (Å²) in [5.41, 5.74) is 0.985. The molecule has 0 atom stereocenters. The molecule has 1 amide bonds. The largest absolute Gasteiger partial charge is 0.493 e. The fourth-order valence-corrected chi connectivity index (χ4v) is 2.93. The summed E-state index contributed by atoms with van der Waals surface area (Å²) in [6.45, 7) is -0.280. The van der Waals surface area contributed by atoms with Crippen LogP contribution in [0.3, 0.4) is 0 Å². The monoisotopic (exact) mass is 427 g/mol. The number of carboxylic acid groups (broad SMARTS) is 1. The van der Waals surface area contributed by atoms with Crippen molar-refractivity contribution in [2.24, 2.45) is 0 Å². The van der Waals surface area contributed by atoms with E-state index in [0.29, 0.717) is 34.1 Å². The predicted molar refractivity (Wildman–Crippen MR) is 110 cm³/mol. The molecule has 2 aromatic carbocycles. The number of benzene rings is 2. The molecular weight excluding hydrogens is 406 g/mol.